The van der Waals surface area contributed by atoms with E-state index < -0.39 is 38.7 Å². The summed E-state index contributed by atoms with van der Waals surface area (Å²) in [6, 6.07) is 0. The van der Waals surface area contributed by atoms with Gasteiger partial charge in [-0.3, -0.25) is 28.8 Å². The van der Waals surface area contributed by atoms with Gasteiger partial charge < -0.3 is 10.6 Å². The highest BCUT2D eigenvalue weighted by Crippen LogP contribution is 2.39. The van der Waals surface area contributed by atoms with Gasteiger partial charge >= 0.3 is 0 Å². The molecule has 0 heterocycles. The average molecular weight is 1270 g/mol. The monoisotopic (exact) mass is 1270 g/mol. The Morgan fingerprint density at radius 2 is 0.711 bits per heavy atom. The fraction of sp³-hybridized carbons (Fsp3) is 0.100. The Balaban J connectivity index is 2.53. The van der Waals surface area contributed by atoms with Gasteiger partial charge in [0.25, 0.3) is 21.0 Å². The molecule has 0 saturated heterocycles. The van der Waals surface area contributed by atoms with Crippen molar-refractivity contribution in [1.82, 2.24) is 0 Å². The lowest BCUT2D eigenvalue weighted by Crippen LogP contribution is -2.33. The Hall–Kier alpha value is 1.60. The van der Waals surface area contributed by atoms with E-state index in [1.54, 1.807) is 136 Å². The Morgan fingerprint density at radius 3 is 0.895 bits per heavy atom. The van der Waals surface area contributed by atoms with E-state index in [1.165, 1.54) is 6.92 Å². The molecule has 0 aromatic heterocycles. The molecule has 0 saturated carbocycles. The van der Waals surface area contributed by atoms with Gasteiger partial charge in [0.2, 0.25) is 11.8 Å². The van der Waals surface area contributed by atoms with Gasteiger partial charge in [0.1, 0.15) is 5.92 Å². The maximum absolute atomic E-state index is 13.1. The number of halogens is 10. The van der Waals surface area contributed by atoms with Crippen LogP contribution in [0.2, 0.25) is 0 Å². The van der Waals surface area contributed by atoms with E-state index in [4.69, 9.17) is 46.4 Å². The topological polar surface area (TPSA) is 126 Å². The van der Waals surface area contributed by atoms with Gasteiger partial charge in [-0.05, 0) is 189 Å². The molecule has 0 unspecified atom stereocenters. The number of hydrogen-bond donors (Lipinski definition) is 2. The molecule has 2 N–H and O–H groups in total. The SMILES string of the molecule is CC(C(=O)Nc1c(I)c(C(=O)Cl)c(I)c(C(=O)Cl)c1I)C(=O)Nc1c(I)c(C(=O)Cl)c(I)c(C(=O)Cl)c1I. The zero-order valence-electron chi connectivity index (χ0n) is 17.8. The second-order valence-electron chi connectivity index (χ2n) is 6.93. The third-order valence-electron chi connectivity index (χ3n) is 4.70. The van der Waals surface area contributed by atoms with Gasteiger partial charge in [-0.1, -0.05) is 0 Å². The lowest BCUT2D eigenvalue weighted by molar-refractivity contribution is -0.128. The van der Waals surface area contributed by atoms with E-state index in [-0.39, 0.29) is 55.0 Å². The lowest BCUT2D eigenvalue weighted by Gasteiger charge is -2.20. The minimum absolute atomic E-state index is 0.0239. The number of amides is 2. The van der Waals surface area contributed by atoms with Crippen molar-refractivity contribution in [2.24, 2.45) is 5.92 Å². The molecule has 0 aliphatic carbocycles. The number of hydrogen-bond acceptors (Lipinski definition) is 6. The molecule has 0 bridgehead atoms. The van der Waals surface area contributed by atoms with Crippen LogP contribution in [0.25, 0.3) is 0 Å². The number of rotatable bonds is 8. The van der Waals surface area contributed by atoms with Crippen molar-refractivity contribution >= 4 is 226 Å². The van der Waals surface area contributed by atoms with E-state index in [0.717, 1.165) is 0 Å². The first-order valence-electron chi connectivity index (χ1n) is 9.27. The van der Waals surface area contributed by atoms with Crippen LogP contribution in [0.4, 0.5) is 11.4 Å². The summed E-state index contributed by atoms with van der Waals surface area (Å²) < 4.78 is 1.43. The van der Waals surface area contributed by atoms with Crippen LogP contribution in [0.1, 0.15) is 48.4 Å². The molecular weight excluding hydrogens is 1270 g/mol. The minimum Gasteiger partial charge on any atom is -0.324 e. The largest absolute Gasteiger partial charge is 0.324 e. The second-order valence-corrected chi connectivity index (χ2v) is 14.8. The van der Waals surface area contributed by atoms with E-state index in [0.29, 0.717) is 0 Å². The molecule has 2 aromatic carbocycles. The first kappa shape index (κ1) is 35.8. The van der Waals surface area contributed by atoms with Crippen molar-refractivity contribution < 1.29 is 28.8 Å². The van der Waals surface area contributed by atoms with Gasteiger partial charge in [-0.2, -0.15) is 0 Å². The van der Waals surface area contributed by atoms with Gasteiger partial charge in [-0.15, -0.1) is 0 Å². The molecule has 0 atom stereocenters. The Kier molecular flexibility index (Phi) is 14.0. The van der Waals surface area contributed by atoms with Crippen molar-refractivity contribution in [2.45, 2.75) is 6.92 Å². The third kappa shape index (κ3) is 7.56. The summed E-state index contributed by atoms with van der Waals surface area (Å²) in [6.07, 6.45) is 0. The highest BCUT2D eigenvalue weighted by atomic mass is 127. The van der Waals surface area contributed by atoms with E-state index in [9.17, 15) is 28.8 Å². The van der Waals surface area contributed by atoms with Crippen LogP contribution in [0.5, 0.6) is 0 Å². The standard InChI is InChI=1S/C20H6Cl4I6N2O6/c1-2(19(37)31-13-9(27)3(15(21)33)7(25)4(10(13)28)16(22)34)20(38)32-14-11(29)5(17(23)35)8(26)6(12(14)30)18(24)36/h2H,1H3,(H,31,37)(H,32,38). The second kappa shape index (κ2) is 14.9. The lowest BCUT2D eigenvalue weighted by atomic mass is 10.1. The maximum atomic E-state index is 13.1. The van der Waals surface area contributed by atoms with Crippen LogP contribution in [0, 0.1) is 27.3 Å². The van der Waals surface area contributed by atoms with Crippen molar-refractivity contribution in [3.05, 3.63) is 43.7 Å². The van der Waals surface area contributed by atoms with Gasteiger partial charge in [-0.25, -0.2) is 0 Å². The summed E-state index contributed by atoms with van der Waals surface area (Å²) in [5.74, 6) is -2.92. The van der Waals surface area contributed by atoms with E-state index in [2.05, 4.69) is 10.6 Å². The molecule has 0 radical (unpaired) electrons. The average Bonchev–Trinajstić information content (AvgIpc) is 2.77. The fourth-order valence-electron chi connectivity index (χ4n) is 2.82. The number of nitrogens with one attached hydrogen (secondary N) is 2. The van der Waals surface area contributed by atoms with Gasteiger partial charge in [0.05, 0.1) is 47.9 Å². The van der Waals surface area contributed by atoms with Crippen LogP contribution in [0.3, 0.4) is 0 Å². The predicted octanol–water partition coefficient (Wildman–Crippen LogP) is 8.04. The number of carbonyl (C=O) groups is 6. The molecule has 38 heavy (non-hydrogen) atoms. The smallest absolute Gasteiger partial charge is 0.254 e. The number of benzene rings is 2. The number of carbonyl (C=O) groups excluding carboxylic acids is 6. The summed E-state index contributed by atoms with van der Waals surface area (Å²) in [4.78, 5) is 74.4. The van der Waals surface area contributed by atoms with E-state index in [1.807, 2.05) is 0 Å². The molecule has 0 spiro atoms. The molecule has 0 aliphatic heterocycles. The fourth-order valence-corrected chi connectivity index (χ4v) is 13.7. The Morgan fingerprint density at radius 1 is 0.500 bits per heavy atom. The third-order valence-corrected chi connectivity index (χ3v) is 11.9. The maximum Gasteiger partial charge on any atom is 0.254 e. The minimum atomic E-state index is -1.33. The number of anilines is 2. The molecule has 0 aliphatic rings. The molecule has 18 heteroatoms. The van der Waals surface area contributed by atoms with Crippen molar-refractivity contribution in [3.63, 3.8) is 0 Å². The highest BCUT2D eigenvalue weighted by Gasteiger charge is 2.32. The zero-order chi connectivity index (χ0) is 29.4. The summed E-state index contributed by atoms with van der Waals surface area (Å²) in [6.45, 7) is 1.31. The summed E-state index contributed by atoms with van der Waals surface area (Å²) in [5.41, 5.74) is 0.0578. The van der Waals surface area contributed by atoms with Crippen LogP contribution >= 0.6 is 182 Å². The van der Waals surface area contributed by atoms with E-state index >= 15 is 0 Å². The molecule has 8 nitrogen and oxygen atoms in total. The molecule has 2 aromatic rings. The van der Waals surface area contributed by atoms with Crippen LogP contribution in [-0.2, 0) is 9.59 Å². The first-order valence-corrected chi connectivity index (χ1v) is 17.3. The van der Waals surface area contributed by atoms with Crippen LogP contribution in [-0.4, -0.2) is 32.8 Å². The molecular formula is C20H6Cl4I6N2O6. The first-order chi connectivity index (χ1) is 17.4. The normalized spacial score (nSPS) is 10.8. The molecule has 0 fully saturated rings. The summed E-state index contributed by atoms with van der Waals surface area (Å²) in [7, 11) is 0. The van der Waals surface area contributed by atoms with Crippen LogP contribution in [0.15, 0.2) is 0 Å². The van der Waals surface area contributed by atoms with Crippen molar-refractivity contribution in [3.8, 4) is 0 Å². The summed E-state index contributed by atoms with van der Waals surface area (Å²) in [5, 5.41) is 1.66. The Bertz CT molecular complexity index is 1280. The quantitative estimate of drug-likeness (QED) is 0.157. The van der Waals surface area contributed by atoms with Crippen LogP contribution < -0.4 is 10.6 Å². The zero-order valence-corrected chi connectivity index (χ0v) is 33.8. The van der Waals surface area contributed by atoms with Gasteiger partial charge in [0, 0.05) is 7.14 Å². The Labute approximate surface area is 316 Å². The molecule has 2 rings (SSSR count). The summed E-state index contributed by atoms with van der Waals surface area (Å²) >= 11 is 33.6. The van der Waals surface area contributed by atoms with Crippen molar-refractivity contribution in [2.75, 3.05) is 10.6 Å². The van der Waals surface area contributed by atoms with Crippen molar-refractivity contribution in [1.29, 1.82) is 0 Å². The van der Waals surface area contributed by atoms with Gasteiger partial charge in [0.15, 0.2) is 0 Å². The molecule has 2 amide bonds. The molecule has 202 valence electrons. The predicted molar refractivity (Wildman–Crippen MR) is 196 cm³/mol. The highest BCUT2D eigenvalue weighted by molar-refractivity contribution is 14.1.